The third-order valence-corrected chi connectivity index (χ3v) is 9.36. The summed E-state index contributed by atoms with van der Waals surface area (Å²) in [5.74, 6) is -0.195. The summed E-state index contributed by atoms with van der Waals surface area (Å²) in [6.45, 7) is 4.95. The van der Waals surface area contributed by atoms with Gasteiger partial charge in [0.1, 0.15) is 0 Å². The first kappa shape index (κ1) is 23.0. The SMILES string of the molecule is CC(=O)c1ccc(S(=O)(=O)N2CCC(C(=O)N3CCC(C)Sc4ccccc43)CC2)cc1. The lowest BCUT2D eigenvalue weighted by molar-refractivity contribution is -0.123. The molecule has 8 heteroatoms. The molecular formula is C24H28N2O4S2. The Hall–Kier alpha value is -2.16. The van der Waals surface area contributed by atoms with Gasteiger partial charge >= 0.3 is 0 Å². The molecule has 0 aliphatic carbocycles. The second-order valence-corrected chi connectivity index (χ2v) is 11.9. The molecule has 32 heavy (non-hydrogen) atoms. The van der Waals surface area contributed by atoms with Gasteiger partial charge in [0.2, 0.25) is 15.9 Å². The summed E-state index contributed by atoms with van der Waals surface area (Å²) in [4.78, 5) is 28.1. The maximum Gasteiger partial charge on any atom is 0.243 e. The third-order valence-electron chi connectivity index (χ3n) is 6.21. The van der Waals surface area contributed by atoms with E-state index in [1.807, 2.05) is 23.1 Å². The van der Waals surface area contributed by atoms with Crippen LogP contribution in [-0.4, -0.2) is 49.3 Å². The first-order valence-electron chi connectivity index (χ1n) is 11.0. The van der Waals surface area contributed by atoms with Gasteiger partial charge in [-0.05, 0) is 50.5 Å². The van der Waals surface area contributed by atoms with Gasteiger partial charge in [0.15, 0.2) is 5.78 Å². The highest BCUT2D eigenvalue weighted by Crippen LogP contribution is 2.38. The van der Waals surface area contributed by atoms with E-state index in [-0.39, 0.29) is 22.5 Å². The minimum Gasteiger partial charge on any atom is -0.311 e. The summed E-state index contributed by atoms with van der Waals surface area (Å²) in [5.41, 5.74) is 1.45. The van der Waals surface area contributed by atoms with E-state index in [9.17, 15) is 18.0 Å². The molecule has 2 heterocycles. The molecule has 0 radical (unpaired) electrons. The molecule has 4 rings (SSSR count). The number of carbonyl (C=O) groups excluding carboxylic acids is 2. The van der Waals surface area contributed by atoms with Crippen molar-refractivity contribution in [2.75, 3.05) is 24.5 Å². The van der Waals surface area contributed by atoms with Gasteiger partial charge in [-0.25, -0.2) is 8.42 Å². The molecule has 2 aromatic rings. The molecule has 1 fully saturated rings. The molecule has 6 nitrogen and oxygen atoms in total. The number of ketones is 1. The lowest BCUT2D eigenvalue weighted by Crippen LogP contribution is -2.44. The summed E-state index contributed by atoms with van der Waals surface area (Å²) in [7, 11) is -3.65. The van der Waals surface area contributed by atoms with Crippen LogP contribution in [0.2, 0.25) is 0 Å². The normalized spacial score (nSPS) is 20.4. The summed E-state index contributed by atoms with van der Waals surface area (Å²) in [6.07, 6.45) is 1.94. The largest absolute Gasteiger partial charge is 0.311 e. The molecule has 1 atom stereocenters. The number of sulfonamides is 1. The van der Waals surface area contributed by atoms with E-state index < -0.39 is 10.0 Å². The van der Waals surface area contributed by atoms with E-state index in [1.54, 1.807) is 23.9 Å². The quantitative estimate of drug-likeness (QED) is 0.623. The molecule has 1 amide bonds. The Balaban J connectivity index is 1.45. The highest BCUT2D eigenvalue weighted by molar-refractivity contribution is 8.00. The summed E-state index contributed by atoms with van der Waals surface area (Å²) in [6, 6.07) is 14.1. The molecule has 1 saturated heterocycles. The highest BCUT2D eigenvalue weighted by Gasteiger charge is 2.35. The number of Topliss-reactive ketones (excluding diaryl/α,β-unsaturated/α-hetero) is 1. The van der Waals surface area contributed by atoms with Crippen molar-refractivity contribution in [1.29, 1.82) is 0 Å². The van der Waals surface area contributed by atoms with Crippen LogP contribution < -0.4 is 4.90 Å². The molecular weight excluding hydrogens is 444 g/mol. The Labute approximate surface area is 194 Å². The summed E-state index contributed by atoms with van der Waals surface area (Å²) < 4.78 is 27.5. The van der Waals surface area contributed by atoms with Gasteiger partial charge < -0.3 is 4.90 Å². The number of nitrogens with zero attached hydrogens (tertiary/aromatic N) is 2. The summed E-state index contributed by atoms with van der Waals surface area (Å²) in [5, 5.41) is 0.440. The van der Waals surface area contributed by atoms with Crippen LogP contribution in [0.25, 0.3) is 0 Å². The van der Waals surface area contributed by atoms with Crippen LogP contribution in [0, 0.1) is 5.92 Å². The number of hydrogen-bond acceptors (Lipinski definition) is 5. The Morgan fingerprint density at radius 3 is 2.25 bits per heavy atom. The van der Waals surface area contributed by atoms with Gasteiger partial charge in [0.25, 0.3) is 0 Å². The van der Waals surface area contributed by atoms with E-state index in [0.717, 1.165) is 17.0 Å². The van der Waals surface area contributed by atoms with Gasteiger partial charge in [-0.15, -0.1) is 11.8 Å². The Bertz CT molecular complexity index is 1110. The molecule has 1 unspecified atom stereocenters. The Kier molecular flexibility index (Phi) is 6.74. The maximum atomic E-state index is 13.4. The van der Waals surface area contributed by atoms with E-state index in [1.165, 1.54) is 23.4 Å². The zero-order valence-electron chi connectivity index (χ0n) is 18.4. The number of amides is 1. The fourth-order valence-electron chi connectivity index (χ4n) is 4.29. The number of hydrogen-bond donors (Lipinski definition) is 0. The predicted octanol–water partition coefficient (Wildman–Crippen LogP) is 4.21. The average Bonchev–Trinajstić information content (AvgIpc) is 2.97. The summed E-state index contributed by atoms with van der Waals surface area (Å²) >= 11 is 1.80. The lowest BCUT2D eigenvalue weighted by Gasteiger charge is -2.33. The zero-order chi connectivity index (χ0) is 22.9. The smallest absolute Gasteiger partial charge is 0.243 e. The van der Waals surface area contributed by atoms with Crippen molar-refractivity contribution in [3.8, 4) is 0 Å². The highest BCUT2D eigenvalue weighted by atomic mass is 32.2. The zero-order valence-corrected chi connectivity index (χ0v) is 20.0. The van der Waals surface area contributed by atoms with Crippen molar-refractivity contribution in [3.05, 3.63) is 54.1 Å². The maximum absolute atomic E-state index is 13.4. The van der Waals surface area contributed by atoms with E-state index in [4.69, 9.17) is 0 Å². The molecule has 0 bridgehead atoms. The number of fused-ring (bicyclic) bond motifs is 1. The number of anilines is 1. The molecule has 2 aliphatic heterocycles. The number of carbonyl (C=O) groups is 2. The molecule has 170 valence electrons. The number of para-hydroxylation sites is 1. The van der Waals surface area contributed by atoms with Crippen molar-refractivity contribution < 1.29 is 18.0 Å². The van der Waals surface area contributed by atoms with Gasteiger partial charge in [-0.1, -0.05) is 31.2 Å². The van der Waals surface area contributed by atoms with Crippen molar-refractivity contribution in [3.63, 3.8) is 0 Å². The molecule has 0 saturated carbocycles. The molecule has 0 aromatic heterocycles. The standard InChI is InChI=1S/C24H28N2O4S2/c1-17-11-16-26(22-5-3-4-6-23(22)31-17)24(28)20-12-14-25(15-13-20)32(29,30)21-9-7-19(8-10-21)18(2)27/h3-10,17,20H,11-16H2,1-2H3. The van der Waals surface area contributed by atoms with Crippen LogP contribution in [0.3, 0.4) is 0 Å². The molecule has 2 aliphatic rings. The number of piperidine rings is 1. The van der Waals surface area contributed by atoms with Crippen LogP contribution >= 0.6 is 11.8 Å². The number of thioether (sulfide) groups is 1. The molecule has 0 spiro atoms. The molecule has 0 N–H and O–H groups in total. The van der Waals surface area contributed by atoms with Gasteiger partial charge in [-0.2, -0.15) is 4.31 Å². The monoisotopic (exact) mass is 472 g/mol. The van der Waals surface area contributed by atoms with Crippen molar-refractivity contribution >= 4 is 39.2 Å². The fraction of sp³-hybridized carbons (Fsp3) is 0.417. The lowest BCUT2D eigenvalue weighted by atomic mass is 9.96. The second-order valence-electron chi connectivity index (χ2n) is 8.43. The third kappa shape index (κ3) is 4.63. The Morgan fingerprint density at radius 1 is 0.938 bits per heavy atom. The van der Waals surface area contributed by atoms with Crippen molar-refractivity contribution in [2.24, 2.45) is 5.92 Å². The number of benzene rings is 2. The van der Waals surface area contributed by atoms with Crippen LogP contribution in [-0.2, 0) is 14.8 Å². The molecule has 2 aromatic carbocycles. The van der Waals surface area contributed by atoms with Crippen LogP contribution in [0.15, 0.2) is 58.3 Å². The van der Waals surface area contributed by atoms with E-state index >= 15 is 0 Å². The van der Waals surface area contributed by atoms with Crippen molar-refractivity contribution in [2.45, 2.75) is 48.2 Å². The van der Waals surface area contributed by atoms with Crippen LogP contribution in [0.1, 0.15) is 43.5 Å². The first-order valence-corrected chi connectivity index (χ1v) is 13.3. The topological polar surface area (TPSA) is 74.8 Å². The fourth-order valence-corrected chi connectivity index (χ4v) is 6.87. The van der Waals surface area contributed by atoms with Gasteiger partial charge in [-0.3, -0.25) is 9.59 Å². The van der Waals surface area contributed by atoms with Crippen LogP contribution in [0.5, 0.6) is 0 Å². The minimum atomic E-state index is -3.65. The van der Waals surface area contributed by atoms with Gasteiger partial charge in [0.05, 0.1) is 10.6 Å². The van der Waals surface area contributed by atoms with Crippen LogP contribution in [0.4, 0.5) is 5.69 Å². The van der Waals surface area contributed by atoms with Gasteiger partial charge in [0, 0.05) is 41.3 Å². The van der Waals surface area contributed by atoms with E-state index in [2.05, 4.69) is 13.0 Å². The first-order chi connectivity index (χ1) is 15.3. The average molecular weight is 473 g/mol. The Morgan fingerprint density at radius 2 is 1.59 bits per heavy atom. The predicted molar refractivity (Wildman–Crippen MR) is 127 cm³/mol. The second kappa shape index (κ2) is 9.37. The van der Waals surface area contributed by atoms with E-state index in [0.29, 0.717) is 43.3 Å². The minimum absolute atomic E-state index is 0.0926. The van der Waals surface area contributed by atoms with Crippen molar-refractivity contribution in [1.82, 2.24) is 4.31 Å². The number of rotatable bonds is 4.